The van der Waals surface area contributed by atoms with Crippen LogP contribution in [0.15, 0.2) is 85.5 Å². The third-order valence-corrected chi connectivity index (χ3v) is 6.25. The van der Waals surface area contributed by atoms with Gasteiger partial charge >= 0.3 is 0 Å². The first-order valence-corrected chi connectivity index (χ1v) is 12.6. The van der Waals surface area contributed by atoms with Crippen LogP contribution in [0.1, 0.15) is 16.7 Å². The Labute approximate surface area is 230 Å². The summed E-state index contributed by atoms with van der Waals surface area (Å²) in [4.78, 5) is 13.0. The molecule has 0 radical (unpaired) electrons. The summed E-state index contributed by atoms with van der Waals surface area (Å²) < 4.78 is 12.4. The number of pyridine rings is 1. The Balaban J connectivity index is 1.48. The molecule has 0 saturated carbocycles. The molecule has 0 bridgehead atoms. The number of rotatable bonds is 10. The van der Waals surface area contributed by atoms with Crippen LogP contribution >= 0.6 is 11.6 Å². The molecule has 9 heteroatoms. The highest BCUT2D eigenvalue weighted by atomic mass is 35.5. The van der Waals surface area contributed by atoms with Crippen LogP contribution in [0.4, 0.5) is 0 Å². The summed E-state index contributed by atoms with van der Waals surface area (Å²) in [7, 11) is 0. The number of aliphatic hydroxyl groups excluding tert-OH is 1. The number of para-hydroxylation sites is 1. The number of ether oxygens (including phenoxy) is 2. The highest BCUT2D eigenvalue weighted by Gasteiger charge is 2.16. The zero-order valence-electron chi connectivity index (χ0n) is 20.8. The molecule has 0 atom stereocenters. The first-order valence-electron chi connectivity index (χ1n) is 12.2. The molecule has 0 aliphatic carbocycles. The van der Waals surface area contributed by atoms with Gasteiger partial charge in [-0.05, 0) is 23.8 Å². The van der Waals surface area contributed by atoms with Crippen molar-refractivity contribution >= 4 is 22.5 Å². The lowest BCUT2D eigenvalue weighted by Crippen LogP contribution is -2.18. The summed E-state index contributed by atoms with van der Waals surface area (Å²) in [5, 5.41) is 22.6. The lowest BCUT2D eigenvalue weighted by Gasteiger charge is -2.16. The Kier molecular flexibility index (Phi) is 8.24. The Morgan fingerprint density at radius 3 is 2.67 bits per heavy atom. The average molecular weight is 538 g/mol. The van der Waals surface area contributed by atoms with Crippen LogP contribution in [-0.4, -0.2) is 33.2 Å². The summed E-state index contributed by atoms with van der Waals surface area (Å²) in [5.74, 6) is 1.26. The fourth-order valence-electron chi connectivity index (χ4n) is 4.12. The van der Waals surface area contributed by atoms with Gasteiger partial charge < -0.3 is 19.9 Å². The highest BCUT2D eigenvalue weighted by molar-refractivity contribution is 6.32. The fraction of sp³-hybridized carbons (Fsp3) is 0.133. The van der Waals surface area contributed by atoms with Crippen molar-refractivity contribution in [1.29, 1.82) is 5.26 Å². The smallest absolute Gasteiger partial charge is 0.230 e. The van der Waals surface area contributed by atoms with Crippen LogP contribution in [-0.2, 0) is 13.2 Å². The van der Waals surface area contributed by atoms with E-state index in [0.29, 0.717) is 41.1 Å². The zero-order valence-corrected chi connectivity index (χ0v) is 21.6. The van der Waals surface area contributed by atoms with Crippen LogP contribution < -0.4 is 14.8 Å². The van der Waals surface area contributed by atoms with E-state index in [0.717, 1.165) is 33.2 Å². The van der Waals surface area contributed by atoms with Gasteiger partial charge in [0.05, 0.1) is 28.1 Å². The van der Waals surface area contributed by atoms with Crippen LogP contribution in [0, 0.1) is 11.3 Å². The largest absolute Gasteiger partial charge is 0.488 e. The molecule has 0 saturated heterocycles. The third-order valence-electron chi connectivity index (χ3n) is 5.96. The Hall–Kier alpha value is -4.55. The van der Waals surface area contributed by atoms with Gasteiger partial charge in [0.15, 0.2) is 5.75 Å². The van der Waals surface area contributed by atoms with E-state index < -0.39 is 0 Å². The second kappa shape index (κ2) is 12.3. The maximum Gasteiger partial charge on any atom is 0.230 e. The molecule has 2 heterocycles. The van der Waals surface area contributed by atoms with Crippen LogP contribution in [0.2, 0.25) is 5.02 Å². The van der Waals surface area contributed by atoms with Gasteiger partial charge in [-0.3, -0.25) is 4.98 Å². The number of nitrogens with zero attached hydrogens (tertiary/aromatic N) is 4. The van der Waals surface area contributed by atoms with Gasteiger partial charge in [-0.15, -0.1) is 0 Å². The van der Waals surface area contributed by atoms with Crippen molar-refractivity contribution in [2.45, 2.75) is 13.2 Å². The van der Waals surface area contributed by atoms with E-state index in [2.05, 4.69) is 26.3 Å². The van der Waals surface area contributed by atoms with Crippen molar-refractivity contribution < 1.29 is 14.6 Å². The molecule has 0 aliphatic rings. The number of halogens is 1. The predicted octanol–water partition coefficient (Wildman–Crippen LogP) is 5.67. The number of hydrogen-bond acceptors (Lipinski definition) is 8. The number of aliphatic hydroxyl groups is 1. The van der Waals surface area contributed by atoms with Gasteiger partial charge in [0, 0.05) is 48.2 Å². The molecule has 194 valence electrons. The lowest BCUT2D eigenvalue weighted by molar-refractivity contribution is 0.287. The summed E-state index contributed by atoms with van der Waals surface area (Å²) in [6, 6.07) is 23.1. The van der Waals surface area contributed by atoms with Gasteiger partial charge in [0.25, 0.3) is 0 Å². The van der Waals surface area contributed by atoms with Crippen LogP contribution in [0.5, 0.6) is 17.4 Å². The maximum atomic E-state index is 9.18. The molecular weight excluding hydrogens is 514 g/mol. The Bertz CT molecular complexity index is 1640. The first kappa shape index (κ1) is 26.1. The molecule has 3 aromatic carbocycles. The van der Waals surface area contributed by atoms with Crippen molar-refractivity contribution in [2.75, 3.05) is 13.2 Å². The molecule has 5 rings (SSSR count). The molecule has 2 N–H and O–H groups in total. The minimum Gasteiger partial charge on any atom is -0.488 e. The number of fused-ring (bicyclic) bond motifs is 1. The average Bonchev–Trinajstić information content (AvgIpc) is 2.98. The minimum atomic E-state index is 0.00347. The molecule has 39 heavy (non-hydrogen) atoms. The van der Waals surface area contributed by atoms with Crippen molar-refractivity contribution in [3.05, 3.63) is 107 Å². The molecule has 8 nitrogen and oxygen atoms in total. The van der Waals surface area contributed by atoms with E-state index >= 15 is 0 Å². The number of benzene rings is 3. The topological polar surface area (TPSA) is 113 Å². The van der Waals surface area contributed by atoms with Gasteiger partial charge in [0.2, 0.25) is 5.88 Å². The van der Waals surface area contributed by atoms with E-state index in [9.17, 15) is 10.4 Å². The van der Waals surface area contributed by atoms with Crippen molar-refractivity contribution in [3.8, 4) is 34.6 Å². The molecular formula is C30H24ClN5O3. The normalized spacial score (nSPS) is 10.8. The third kappa shape index (κ3) is 6.13. The monoisotopic (exact) mass is 537 g/mol. The molecule has 5 aromatic rings. The van der Waals surface area contributed by atoms with Gasteiger partial charge in [-0.25, -0.2) is 9.97 Å². The molecule has 0 spiro atoms. The predicted molar refractivity (Wildman–Crippen MR) is 149 cm³/mol. The Morgan fingerprint density at radius 2 is 1.85 bits per heavy atom. The van der Waals surface area contributed by atoms with Crippen molar-refractivity contribution in [1.82, 2.24) is 20.3 Å². The van der Waals surface area contributed by atoms with E-state index in [1.165, 1.54) is 12.5 Å². The zero-order chi connectivity index (χ0) is 27.0. The standard InChI is InChI=1S/C30H24ClN5O3/c31-26-12-23(17-33-9-10-37)27(38-18-21-11-20(14-32)15-34-16-21)13-28(26)39-30-25-8-4-7-24(29(25)35-19-36-30)22-5-2-1-3-6-22/h1-8,11-13,15-16,19,33,37H,9-10,17-18H2. The molecule has 0 aliphatic heterocycles. The summed E-state index contributed by atoms with van der Waals surface area (Å²) in [6.07, 6.45) is 4.62. The maximum absolute atomic E-state index is 9.18. The van der Waals surface area contributed by atoms with Gasteiger partial charge in [0.1, 0.15) is 24.8 Å². The lowest BCUT2D eigenvalue weighted by atomic mass is 10.0. The highest BCUT2D eigenvalue weighted by Crippen LogP contribution is 2.38. The second-order valence-corrected chi connectivity index (χ2v) is 9.03. The number of hydrogen-bond donors (Lipinski definition) is 2. The minimum absolute atomic E-state index is 0.00347. The quantitative estimate of drug-likeness (QED) is 0.219. The molecule has 0 unspecified atom stereocenters. The number of nitriles is 1. The Morgan fingerprint density at radius 1 is 0.974 bits per heavy atom. The summed E-state index contributed by atoms with van der Waals surface area (Å²) in [5.41, 5.74) is 4.74. The fourth-order valence-corrected chi connectivity index (χ4v) is 4.34. The second-order valence-electron chi connectivity index (χ2n) is 8.62. The van der Waals surface area contributed by atoms with E-state index in [1.807, 2.05) is 48.5 Å². The van der Waals surface area contributed by atoms with Crippen LogP contribution in [0.3, 0.4) is 0 Å². The van der Waals surface area contributed by atoms with Gasteiger partial charge in [-0.1, -0.05) is 54.1 Å². The van der Waals surface area contributed by atoms with E-state index in [4.69, 9.17) is 21.1 Å². The SMILES string of the molecule is N#Cc1cncc(COc2cc(Oc3ncnc4c(-c5ccccc5)cccc34)c(Cl)cc2CNCCO)c1. The molecule has 0 amide bonds. The van der Waals surface area contributed by atoms with E-state index in [-0.39, 0.29) is 13.2 Å². The summed E-state index contributed by atoms with van der Waals surface area (Å²) >= 11 is 6.65. The first-order chi connectivity index (χ1) is 19.2. The summed E-state index contributed by atoms with van der Waals surface area (Å²) in [6.45, 7) is 1.03. The number of nitrogens with one attached hydrogen (secondary N) is 1. The molecule has 0 fully saturated rings. The van der Waals surface area contributed by atoms with Crippen molar-refractivity contribution in [3.63, 3.8) is 0 Å². The van der Waals surface area contributed by atoms with Crippen molar-refractivity contribution in [2.24, 2.45) is 0 Å². The van der Waals surface area contributed by atoms with E-state index in [1.54, 1.807) is 24.4 Å². The molecule has 2 aromatic heterocycles. The van der Waals surface area contributed by atoms with Gasteiger partial charge in [-0.2, -0.15) is 5.26 Å². The van der Waals surface area contributed by atoms with Crippen LogP contribution in [0.25, 0.3) is 22.0 Å². The number of aromatic nitrogens is 3.